The Morgan fingerprint density at radius 1 is 1.40 bits per heavy atom. The van der Waals surface area contributed by atoms with Crippen molar-refractivity contribution in [2.24, 2.45) is 0 Å². The van der Waals surface area contributed by atoms with Crippen molar-refractivity contribution >= 4 is 0 Å². The van der Waals surface area contributed by atoms with E-state index in [2.05, 4.69) is 5.32 Å². The molecule has 0 heterocycles. The van der Waals surface area contributed by atoms with E-state index in [1.54, 1.807) is 6.07 Å². The van der Waals surface area contributed by atoms with Crippen LogP contribution in [0.15, 0.2) is 18.2 Å². The van der Waals surface area contributed by atoms with E-state index in [1.807, 2.05) is 0 Å². The van der Waals surface area contributed by atoms with E-state index >= 15 is 0 Å². The highest BCUT2D eigenvalue weighted by molar-refractivity contribution is 5.34. The third kappa shape index (κ3) is 2.31. The second kappa shape index (κ2) is 4.23. The fourth-order valence-electron chi connectivity index (χ4n) is 2.03. The maximum Gasteiger partial charge on any atom is 0.250 e. The van der Waals surface area contributed by atoms with Gasteiger partial charge in [0, 0.05) is 6.04 Å². The smallest absolute Gasteiger partial charge is 0.250 e. The van der Waals surface area contributed by atoms with Crippen molar-refractivity contribution in [3.05, 3.63) is 35.1 Å². The summed E-state index contributed by atoms with van der Waals surface area (Å²) in [6.07, 6.45) is -0.811. The van der Waals surface area contributed by atoms with E-state index in [0.717, 1.165) is 24.0 Å². The minimum atomic E-state index is -2.34. The average Bonchev–Trinajstić information content (AvgIpc) is 2.57. The Kier molecular flexibility index (Phi) is 2.95. The predicted molar refractivity (Wildman–Crippen MR) is 51.5 cm³/mol. The number of hydrogen-bond acceptors (Lipinski definition) is 1. The molecule has 0 radical (unpaired) electrons. The van der Waals surface area contributed by atoms with E-state index in [1.165, 1.54) is 12.1 Å². The summed E-state index contributed by atoms with van der Waals surface area (Å²) in [5, 5.41) is 2.78. The van der Waals surface area contributed by atoms with E-state index < -0.39 is 6.43 Å². The lowest BCUT2D eigenvalue weighted by atomic mass is 10.1. The zero-order valence-electron chi connectivity index (χ0n) is 8.14. The highest BCUT2D eigenvalue weighted by atomic mass is 19.3. The Morgan fingerprint density at radius 2 is 2.20 bits per heavy atom. The standard InChI is InChI=1S/C11H12F3N/c12-8-2-3-9-7(5-8)1-4-10(9)15-6-11(13)14/h2-3,5,10-11,15H,1,4,6H2. The van der Waals surface area contributed by atoms with Gasteiger partial charge in [0.05, 0.1) is 6.54 Å². The van der Waals surface area contributed by atoms with Crippen LogP contribution < -0.4 is 5.32 Å². The van der Waals surface area contributed by atoms with Gasteiger partial charge in [-0.3, -0.25) is 0 Å². The number of nitrogens with one attached hydrogen (secondary N) is 1. The maximum atomic E-state index is 12.9. The van der Waals surface area contributed by atoms with Crippen LogP contribution in [0.3, 0.4) is 0 Å². The lowest BCUT2D eigenvalue weighted by Gasteiger charge is -2.13. The third-order valence-electron chi connectivity index (χ3n) is 2.70. The summed E-state index contributed by atoms with van der Waals surface area (Å²) < 4.78 is 36.9. The molecule has 0 spiro atoms. The third-order valence-corrected chi connectivity index (χ3v) is 2.70. The summed E-state index contributed by atoms with van der Waals surface area (Å²) in [4.78, 5) is 0. The van der Waals surface area contributed by atoms with Crippen LogP contribution in [0, 0.1) is 5.82 Å². The van der Waals surface area contributed by atoms with E-state index in [-0.39, 0.29) is 18.4 Å². The van der Waals surface area contributed by atoms with Crippen LogP contribution >= 0.6 is 0 Å². The first-order chi connectivity index (χ1) is 7.16. The Balaban J connectivity index is 2.08. The van der Waals surface area contributed by atoms with Crippen molar-refractivity contribution < 1.29 is 13.2 Å². The summed E-state index contributed by atoms with van der Waals surface area (Å²) in [6, 6.07) is 4.50. The lowest BCUT2D eigenvalue weighted by Crippen LogP contribution is -2.25. The number of benzene rings is 1. The number of hydrogen-bond donors (Lipinski definition) is 1. The average molecular weight is 215 g/mol. The zero-order chi connectivity index (χ0) is 10.8. The lowest BCUT2D eigenvalue weighted by molar-refractivity contribution is 0.141. The van der Waals surface area contributed by atoms with Crippen LogP contribution in [0.25, 0.3) is 0 Å². The van der Waals surface area contributed by atoms with Gasteiger partial charge in [-0.1, -0.05) is 6.07 Å². The second-order valence-electron chi connectivity index (χ2n) is 3.73. The molecule has 0 saturated heterocycles. The highest BCUT2D eigenvalue weighted by Crippen LogP contribution is 2.31. The number of alkyl halides is 2. The normalized spacial score (nSPS) is 19.6. The van der Waals surface area contributed by atoms with Gasteiger partial charge in [0.1, 0.15) is 5.82 Å². The van der Waals surface area contributed by atoms with Crippen molar-refractivity contribution in [1.29, 1.82) is 0 Å². The first kappa shape index (κ1) is 10.5. The monoisotopic (exact) mass is 215 g/mol. The van der Waals surface area contributed by atoms with Crippen molar-refractivity contribution in [2.75, 3.05) is 6.54 Å². The minimum absolute atomic E-state index is 0.0467. The Labute approximate surface area is 86.3 Å². The van der Waals surface area contributed by atoms with E-state index in [9.17, 15) is 13.2 Å². The molecule has 0 bridgehead atoms. The maximum absolute atomic E-state index is 12.9. The molecule has 1 N–H and O–H groups in total. The minimum Gasteiger partial charge on any atom is -0.305 e. The first-order valence-electron chi connectivity index (χ1n) is 4.96. The molecule has 1 aromatic carbocycles. The van der Waals surface area contributed by atoms with Crippen LogP contribution in [0.2, 0.25) is 0 Å². The van der Waals surface area contributed by atoms with Crippen LogP contribution in [-0.4, -0.2) is 13.0 Å². The summed E-state index contributed by atoms with van der Waals surface area (Å²) >= 11 is 0. The number of rotatable bonds is 3. The molecule has 0 fully saturated rings. The molecule has 1 nitrogen and oxygen atoms in total. The van der Waals surface area contributed by atoms with Gasteiger partial charge >= 0.3 is 0 Å². The number of fused-ring (bicyclic) bond motifs is 1. The quantitative estimate of drug-likeness (QED) is 0.817. The molecular weight excluding hydrogens is 203 g/mol. The first-order valence-corrected chi connectivity index (χ1v) is 4.96. The predicted octanol–water partition coefficient (Wildman–Crippen LogP) is 2.67. The Bertz CT molecular complexity index is 352. The van der Waals surface area contributed by atoms with Gasteiger partial charge in [-0.25, -0.2) is 13.2 Å². The molecule has 2 rings (SSSR count). The molecule has 0 amide bonds. The fraction of sp³-hybridized carbons (Fsp3) is 0.455. The van der Waals surface area contributed by atoms with Crippen LogP contribution in [0.5, 0.6) is 0 Å². The molecular formula is C11H12F3N. The molecule has 0 aliphatic heterocycles. The van der Waals surface area contributed by atoms with Crippen molar-refractivity contribution in [2.45, 2.75) is 25.3 Å². The largest absolute Gasteiger partial charge is 0.305 e. The van der Waals surface area contributed by atoms with Gasteiger partial charge in [0.15, 0.2) is 0 Å². The Morgan fingerprint density at radius 3 is 2.93 bits per heavy atom. The summed E-state index contributed by atoms with van der Waals surface area (Å²) in [5.74, 6) is -0.261. The molecule has 1 atom stereocenters. The molecule has 15 heavy (non-hydrogen) atoms. The van der Waals surface area contributed by atoms with Crippen LogP contribution in [0.4, 0.5) is 13.2 Å². The highest BCUT2D eigenvalue weighted by Gasteiger charge is 2.22. The van der Waals surface area contributed by atoms with E-state index in [4.69, 9.17) is 0 Å². The zero-order valence-corrected chi connectivity index (χ0v) is 8.14. The number of aryl methyl sites for hydroxylation is 1. The summed E-state index contributed by atoms with van der Waals surface area (Å²) in [5.41, 5.74) is 1.89. The van der Waals surface area contributed by atoms with Gasteiger partial charge < -0.3 is 5.32 Å². The molecule has 1 aliphatic rings. The molecule has 1 unspecified atom stereocenters. The number of halogens is 3. The van der Waals surface area contributed by atoms with Crippen LogP contribution in [-0.2, 0) is 6.42 Å². The SMILES string of the molecule is Fc1ccc2c(c1)CCC2NCC(F)F. The summed E-state index contributed by atoms with van der Waals surface area (Å²) in [7, 11) is 0. The van der Waals surface area contributed by atoms with Gasteiger partial charge in [0.2, 0.25) is 0 Å². The molecule has 1 aliphatic carbocycles. The van der Waals surface area contributed by atoms with Crippen molar-refractivity contribution in [3.63, 3.8) is 0 Å². The van der Waals surface area contributed by atoms with Crippen molar-refractivity contribution in [1.82, 2.24) is 5.32 Å². The van der Waals surface area contributed by atoms with E-state index in [0.29, 0.717) is 0 Å². The molecule has 1 aromatic rings. The summed E-state index contributed by atoms with van der Waals surface area (Å²) in [6.45, 7) is -0.304. The van der Waals surface area contributed by atoms with Gasteiger partial charge in [-0.05, 0) is 36.1 Å². The topological polar surface area (TPSA) is 12.0 Å². The fourth-order valence-corrected chi connectivity index (χ4v) is 2.03. The van der Waals surface area contributed by atoms with Crippen LogP contribution in [0.1, 0.15) is 23.6 Å². The molecule has 4 heteroatoms. The molecule has 0 aromatic heterocycles. The Hall–Kier alpha value is -1.03. The molecule has 82 valence electrons. The molecule has 0 saturated carbocycles. The van der Waals surface area contributed by atoms with Gasteiger partial charge in [-0.2, -0.15) is 0 Å². The van der Waals surface area contributed by atoms with Gasteiger partial charge in [-0.15, -0.1) is 0 Å². The van der Waals surface area contributed by atoms with Crippen molar-refractivity contribution in [3.8, 4) is 0 Å². The second-order valence-corrected chi connectivity index (χ2v) is 3.73. The van der Waals surface area contributed by atoms with Gasteiger partial charge in [0.25, 0.3) is 6.43 Å².